The third-order valence-corrected chi connectivity index (χ3v) is 4.75. The van der Waals surface area contributed by atoms with Crippen molar-refractivity contribution in [1.82, 2.24) is 4.90 Å². The van der Waals surface area contributed by atoms with E-state index >= 15 is 0 Å². The molecule has 2 aromatic rings. The maximum absolute atomic E-state index is 12.6. The Morgan fingerprint density at radius 3 is 2.52 bits per heavy atom. The van der Waals surface area contributed by atoms with Crippen LogP contribution in [0.5, 0.6) is 11.5 Å². The largest absolute Gasteiger partial charge is 0.497 e. The molecule has 6 nitrogen and oxygen atoms in total. The smallest absolute Gasteiger partial charge is 0.321 e. The SMILES string of the molecule is CCOc1ccccc1N1CCN(C(=O)Nc2ccc(OC)cc2C)CC1. The number of nitrogens with zero attached hydrogens (tertiary/aromatic N) is 2. The summed E-state index contributed by atoms with van der Waals surface area (Å²) in [7, 11) is 1.64. The van der Waals surface area contributed by atoms with Gasteiger partial charge in [-0.3, -0.25) is 0 Å². The van der Waals surface area contributed by atoms with Gasteiger partial charge in [0.25, 0.3) is 0 Å². The van der Waals surface area contributed by atoms with E-state index in [-0.39, 0.29) is 6.03 Å². The predicted molar refractivity (Wildman–Crippen MR) is 108 cm³/mol. The number of ether oxygens (including phenoxy) is 2. The average Bonchev–Trinajstić information content (AvgIpc) is 2.70. The van der Waals surface area contributed by atoms with Gasteiger partial charge in [0.2, 0.25) is 0 Å². The number of methoxy groups -OCH3 is 1. The molecule has 2 aromatic carbocycles. The van der Waals surface area contributed by atoms with Gasteiger partial charge in [0, 0.05) is 31.9 Å². The molecule has 1 aliphatic rings. The molecule has 2 amide bonds. The topological polar surface area (TPSA) is 54.0 Å². The average molecular weight is 369 g/mol. The molecule has 0 unspecified atom stereocenters. The van der Waals surface area contributed by atoms with Crippen molar-refractivity contribution in [3.05, 3.63) is 48.0 Å². The molecule has 0 aromatic heterocycles. The maximum Gasteiger partial charge on any atom is 0.321 e. The summed E-state index contributed by atoms with van der Waals surface area (Å²) in [6.45, 7) is 7.47. The number of amides is 2. The number of nitrogens with one attached hydrogen (secondary N) is 1. The van der Waals surface area contributed by atoms with Crippen LogP contribution in [-0.4, -0.2) is 50.8 Å². The van der Waals surface area contributed by atoms with E-state index in [1.54, 1.807) is 7.11 Å². The zero-order valence-corrected chi connectivity index (χ0v) is 16.2. The summed E-state index contributed by atoms with van der Waals surface area (Å²) >= 11 is 0. The quantitative estimate of drug-likeness (QED) is 0.872. The molecule has 27 heavy (non-hydrogen) atoms. The van der Waals surface area contributed by atoms with Crippen LogP contribution in [0.2, 0.25) is 0 Å². The minimum absolute atomic E-state index is 0.0685. The number of para-hydroxylation sites is 2. The first kappa shape index (κ1) is 18.9. The molecule has 0 aliphatic carbocycles. The Morgan fingerprint density at radius 1 is 1.11 bits per heavy atom. The van der Waals surface area contributed by atoms with Crippen LogP contribution in [0.25, 0.3) is 0 Å². The zero-order chi connectivity index (χ0) is 19.2. The predicted octanol–water partition coefficient (Wildman–Crippen LogP) is 3.76. The number of urea groups is 1. The molecule has 1 heterocycles. The highest BCUT2D eigenvalue weighted by Crippen LogP contribution is 2.29. The lowest BCUT2D eigenvalue weighted by Crippen LogP contribution is -2.50. The number of anilines is 2. The van der Waals surface area contributed by atoms with Crippen molar-refractivity contribution in [3.63, 3.8) is 0 Å². The van der Waals surface area contributed by atoms with E-state index in [2.05, 4.69) is 16.3 Å². The summed E-state index contributed by atoms with van der Waals surface area (Å²) in [5.74, 6) is 1.68. The number of piperazine rings is 1. The fourth-order valence-electron chi connectivity index (χ4n) is 3.24. The van der Waals surface area contributed by atoms with E-state index in [0.717, 1.165) is 41.5 Å². The highest BCUT2D eigenvalue weighted by atomic mass is 16.5. The van der Waals surface area contributed by atoms with Gasteiger partial charge in [0.05, 0.1) is 19.4 Å². The number of aryl methyl sites for hydroxylation is 1. The molecule has 1 aliphatic heterocycles. The number of hydrogen-bond acceptors (Lipinski definition) is 4. The van der Waals surface area contributed by atoms with Crippen LogP contribution in [0.15, 0.2) is 42.5 Å². The minimum atomic E-state index is -0.0685. The molecule has 144 valence electrons. The van der Waals surface area contributed by atoms with Gasteiger partial charge >= 0.3 is 6.03 Å². The molecule has 0 atom stereocenters. The van der Waals surface area contributed by atoms with Gasteiger partial charge in [-0.05, 0) is 49.7 Å². The second-order valence-corrected chi connectivity index (χ2v) is 6.49. The number of carbonyl (C=O) groups excluding carboxylic acids is 1. The van der Waals surface area contributed by atoms with E-state index < -0.39 is 0 Å². The van der Waals surface area contributed by atoms with Crippen LogP contribution in [0, 0.1) is 6.92 Å². The Kier molecular flexibility index (Phi) is 6.06. The number of benzene rings is 2. The van der Waals surface area contributed by atoms with Crippen LogP contribution in [-0.2, 0) is 0 Å². The minimum Gasteiger partial charge on any atom is -0.497 e. The van der Waals surface area contributed by atoms with Gasteiger partial charge in [-0.2, -0.15) is 0 Å². The molecule has 6 heteroatoms. The molecule has 0 bridgehead atoms. The summed E-state index contributed by atoms with van der Waals surface area (Å²) in [6, 6.07) is 13.6. The normalized spacial score (nSPS) is 14.0. The molecular weight excluding hydrogens is 342 g/mol. The van der Waals surface area contributed by atoms with Gasteiger partial charge < -0.3 is 24.6 Å². The molecular formula is C21H27N3O3. The summed E-state index contributed by atoms with van der Waals surface area (Å²) < 4.78 is 10.9. The van der Waals surface area contributed by atoms with E-state index in [1.807, 2.05) is 55.1 Å². The maximum atomic E-state index is 12.6. The summed E-state index contributed by atoms with van der Waals surface area (Å²) in [5, 5.41) is 3.01. The van der Waals surface area contributed by atoms with Crippen molar-refractivity contribution in [2.24, 2.45) is 0 Å². The van der Waals surface area contributed by atoms with Gasteiger partial charge in [0.15, 0.2) is 0 Å². The highest BCUT2D eigenvalue weighted by Gasteiger charge is 2.23. The molecule has 3 rings (SSSR count). The highest BCUT2D eigenvalue weighted by molar-refractivity contribution is 5.90. The van der Waals surface area contributed by atoms with Gasteiger partial charge in [0.1, 0.15) is 11.5 Å². The van der Waals surface area contributed by atoms with Gasteiger partial charge in [-0.25, -0.2) is 4.79 Å². The molecule has 1 fully saturated rings. The molecule has 0 saturated carbocycles. The van der Waals surface area contributed by atoms with E-state index in [1.165, 1.54) is 0 Å². The first-order valence-electron chi connectivity index (χ1n) is 9.29. The Labute approximate surface area is 160 Å². The van der Waals surface area contributed by atoms with Crippen LogP contribution < -0.4 is 19.7 Å². The van der Waals surface area contributed by atoms with Crippen LogP contribution in [0.1, 0.15) is 12.5 Å². The molecule has 0 spiro atoms. The van der Waals surface area contributed by atoms with E-state index in [4.69, 9.17) is 9.47 Å². The van der Waals surface area contributed by atoms with Crippen molar-refractivity contribution >= 4 is 17.4 Å². The lowest BCUT2D eigenvalue weighted by atomic mass is 10.2. The van der Waals surface area contributed by atoms with Crippen LogP contribution >= 0.6 is 0 Å². The van der Waals surface area contributed by atoms with E-state index in [0.29, 0.717) is 19.7 Å². The summed E-state index contributed by atoms with van der Waals surface area (Å²) in [4.78, 5) is 16.7. The first-order valence-corrected chi connectivity index (χ1v) is 9.29. The number of rotatable bonds is 5. The summed E-state index contributed by atoms with van der Waals surface area (Å²) in [5.41, 5.74) is 2.88. The fourth-order valence-corrected chi connectivity index (χ4v) is 3.24. The van der Waals surface area contributed by atoms with Crippen molar-refractivity contribution in [3.8, 4) is 11.5 Å². The third-order valence-electron chi connectivity index (χ3n) is 4.75. The van der Waals surface area contributed by atoms with Crippen molar-refractivity contribution in [2.45, 2.75) is 13.8 Å². The fraction of sp³-hybridized carbons (Fsp3) is 0.381. The lowest BCUT2D eigenvalue weighted by molar-refractivity contribution is 0.208. The lowest BCUT2D eigenvalue weighted by Gasteiger charge is -2.36. The van der Waals surface area contributed by atoms with Crippen molar-refractivity contribution in [1.29, 1.82) is 0 Å². The number of carbonyl (C=O) groups is 1. The van der Waals surface area contributed by atoms with Gasteiger partial charge in [-0.15, -0.1) is 0 Å². The summed E-state index contributed by atoms with van der Waals surface area (Å²) in [6.07, 6.45) is 0. The molecule has 1 N–H and O–H groups in total. The van der Waals surface area contributed by atoms with Gasteiger partial charge in [-0.1, -0.05) is 12.1 Å². The number of hydrogen-bond donors (Lipinski definition) is 1. The first-order chi connectivity index (χ1) is 13.1. The van der Waals surface area contributed by atoms with E-state index in [9.17, 15) is 4.79 Å². The Bertz CT molecular complexity index is 786. The van der Waals surface area contributed by atoms with Crippen LogP contribution in [0.3, 0.4) is 0 Å². The zero-order valence-electron chi connectivity index (χ0n) is 16.2. The third kappa shape index (κ3) is 4.45. The second kappa shape index (κ2) is 8.66. The molecule has 0 radical (unpaired) electrons. The van der Waals surface area contributed by atoms with Crippen molar-refractivity contribution < 1.29 is 14.3 Å². The second-order valence-electron chi connectivity index (χ2n) is 6.49. The van der Waals surface area contributed by atoms with Crippen molar-refractivity contribution in [2.75, 3.05) is 50.1 Å². The van der Waals surface area contributed by atoms with Crippen LogP contribution in [0.4, 0.5) is 16.2 Å². The monoisotopic (exact) mass is 369 g/mol. The Hall–Kier alpha value is -2.89. The standard InChI is InChI=1S/C21H27N3O3/c1-4-27-20-8-6-5-7-19(20)23-11-13-24(14-12-23)21(25)22-18-10-9-17(26-3)15-16(18)2/h5-10,15H,4,11-14H2,1-3H3,(H,22,25). The molecule has 1 saturated heterocycles. The Morgan fingerprint density at radius 2 is 1.85 bits per heavy atom. The Balaban J connectivity index is 1.60.